The van der Waals surface area contributed by atoms with Gasteiger partial charge in [0.15, 0.2) is 0 Å². The largest absolute Gasteiger partial charge is 0.462 e. The van der Waals surface area contributed by atoms with E-state index in [4.69, 9.17) is 21.1 Å². The zero-order valence-electron chi connectivity index (χ0n) is 12.2. The van der Waals surface area contributed by atoms with E-state index in [0.29, 0.717) is 26.9 Å². The molecule has 7 nitrogen and oxygen atoms in total. The number of rotatable bonds is 5. The molecule has 0 saturated carbocycles. The monoisotopic (exact) mass is 343 g/mol. The lowest BCUT2D eigenvalue weighted by atomic mass is 10.1. The van der Waals surface area contributed by atoms with E-state index in [2.05, 4.69) is 14.6 Å². The average Bonchev–Trinajstić information content (AvgIpc) is 3.00. The van der Waals surface area contributed by atoms with Crippen LogP contribution in [0.4, 0.5) is 0 Å². The topological polar surface area (TPSA) is 94.2 Å². The van der Waals surface area contributed by atoms with Crippen molar-refractivity contribution in [2.45, 2.75) is 27.4 Å². The van der Waals surface area contributed by atoms with Gasteiger partial charge >= 0.3 is 11.9 Å². The fraction of sp³-hybridized carbons (Fsp3) is 0.385. The van der Waals surface area contributed by atoms with Crippen LogP contribution in [-0.2, 0) is 16.1 Å². The van der Waals surface area contributed by atoms with Crippen molar-refractivity contribution in [1.29, 1.82) is 0 Å². The third kappa shape index (κ3) is 3.28. The van der Waals surface area contributed by atoms with Crippen LogP contribution in [0.5, 0.6) is 0 Å². The molecule has 9 heteroatoms. The zero-order chi connectivity index (χ0) is 16.3. The Balaban J connectivity index is 2.15. The SMILES string of the molecule is CCOC(=O)c1c(C)[nH]c(C(=O)OCc2nnsc2Cl)c1C. The van der Waals surface area contributed by atoms with Gasteiger partial charge in [-0.15, -0.1) is 5.10 Å². The Morgan fingerprint density at radius 1 is 1.27 bits per heavy atom. The predicted octanol–water partition coefficient (Wildman–Crippen LogP) is 2.67. The van der Waals surface area contributed by atoms with Gasteiger partial charge in [-0.05, 0) is 26.3 Å². The molecule has 0 spiro atoms. The summed E-state index contributed by atoms with van der Waals surface area (Å²) in [6.07, 6.45) is 0. The van der Waals surface area contributed by atoms with E-state index in [1.165, 1.54) is 0 Å². The Morgan fingerprint density at radius 2 is 2.00 bits per heavy atom. The van der Waals surface area contributed by atoms with Gasteiger partial charge in [0.05, 0.1) is 12.2 Å². The Morgan fingerprint density at radius 3 is 2.59 bits per heavy atom. The van der Waals surface area contributed by atoms with Crippen molar-refractivity contribution in [3.05, 3.63) is 32.5 Å². The van der Waals surface area contributed by atoms with Gasteiger partial charge in [0.1, 0.15) is 22.3 Å². The summed E-state index contributed by atoms with van der Waals surface area (Å²) in [6, 6.07) is 0. The van der Waals surface area contributed by atoms with Gasteiger partial charge in [-0.25, -0.2) is 9.59 Å². The standard InChI is InChI=1S/C13H14ClN3O4S/c1-4-20-12(18)9-6(2)10(15-7(9)3)13(19)21-5-8-11(14)22-17-16-8/h15H,4-5H2,1-3H3. The molecule has 0 unspecified atom stereocenters. The summed E-state index contributed by atoms with van der Waals surface area (Å²) in [6.45, 7) is 5.25. The van der Waals surface area contributed by atoms with Gasteiger partial charge < -0.3 is 14.5 Å². The highest BCUT2D eigenvalue weighted by Crippen LogP contribution is 2.21. The van der Waals surface area contributed by atoms with Crippen LogP contribution in [0.15, 0.2) is 0 Å². The highest BCUT2D eigenvalue weighted by molar-refractivity contribution is 7.10. The smallest absolute Gasteiger partial charge is 0.355 e. The number of aromatic nitrogens is 3. The lowest BCUT2D eigenvalue weighted by molar-refractivity contribution is 0.0460. The number of carbonyl (C=O) groups is 2. The number of hydrogen-bond acceptors (Lipinski definition) is 7. The summed E-state index contributed by atoms with van der Waals surface area (Å²) in [4.78, 5) is 26.9. The number of ether oxygens (including phenoxy) is 2. The number of esters is 2. The summed E-state index contributed by atoms with van der Waals surface area (Å²) >= 11 is 6.85. The fourth-order valence-electron chi connectivity index (χ4n) is 1.95. The molecular formula is C13H14ClN3O4S. The number of nitrogens with one attached hydrogen (secondary N) is 1. The molecule has 0 fully saturated rings. The number of nitrogens with zero attached hydrogens (tertiary/aromatic N) is 2. The van der Waals surface area contributed by atoms with Crippen LogP contribution in [0, 0.1) is 13.8 Å². The molecule has 22 heavy (non-hydrogen) atoms. The van der Waals surface area contributed by atoms with Crippen LogP contribution in [0.25, 0.3) is 0 Å². The second kappa shape index (κ2) is 6.89. The van der Waals surface area contributed by atoms with Crippen molar-refractivity contribution in [2.75, 3.05) is 6.61 Å². The summed E-state index contributed by atoms with van der Waals surface area (Å²) < 4.78 is 14.1. The van der Waals surface area contributed by atoms with Gasteiger partial charge in [0.25, 0.3) is 0 Å². The number of halogens is 1. The van der Waals surface area contributed by atoms with Crippen LogP contribution in [0.2, 0.25) is 4.34 Å². The summed E-state index contributed by atoms with van der Waals surface area (Å²) in [7, 11) is 0. The second-order valence-electron chi connectivity index (χ2n) is 4.41. The molecule has 2 rings (SSSR count). The Bertz CT molecular complexity index is 710. The van der Waals surface area contributed by atoms with Crippen LogP contribution in [-0.4, -0.2) is 33.1 Å². The van der Waals surface area contributed by atoms with Crippen molar-refractivity contribution in [2.24, 2.45) is 0 Å². The van der Waals surface area contributed by atoms with E-state index in [1.807, 2.05) is 0 Å². The number of carbonyl (C=O) groups excluding carboxylic acids is 2. The highest BCUT2D eigenvalue weighted by atomic mass is 35.5. The van der Waals surface area contributed by atoms with Crippen LogP contribution >= 0.6 is 23.1 Å². The number of hydrogen-bond donors (Lipinski definition) is 1. The molecule has 0 saturated heterocycles. The molecule has 0 aliphatic rings. The van der Waals surface area contributed by atoms with E-state index in [0.717, 1.165) is 11.5 Å². The van der Waals surface area contributed by atoms with Crippen molar-refractivity contribution < 1.29 is 19.1 Å². The van der Waals surface area contributed by atoms with Crippen molar-refractivity contribution in [3.8, 4) is 0 Å². The maximum Gasteiger partial charge on any atom is 0.355 e. The molecule has 0 aliphatic heterocycles. The lowest BCUT2D eigenvalue weighted by Crippen LogP contribution is -2.09. The Labute approximate surface area is 135 Å². The molecule has 2 aromatic heterocycles. The van der Waals surface area contributed by atoms with E-state index >= 15 is 0 Å². The van der Waals surface area contributed by atoms with E-state index in [-0.39, 0.29) is 18.9 Å². The van der Waals surface area contributed by atoms with Crippen LogP contribution in [0.1, 0.15) is 44.7 Å². The number of H-pyrrole nitrogens is 1. The first-order chi connectivity index (χ1) is 10.5. The van der Waals surface area contributed by atoms with Crippen molar-refractivity contribution in [1.82, 2.24) is 14.6 Å². The third-order valence-corrected chi connectivity index (χ3v) is 3.95. The minimum Gasteiger partial charge on any atom is -0.462 e. The molecule has 2 aromatic rings. The maximum absolute atomic E-state index is 12.1. The first-order valence-corrected chi connectivity index (χ1v) is 7.61. The molecule has 0 radical (unpaired) electrons. The molecule has 0 aromatic carbocycles. The summed E-state index contributed by atoms with van der Waals surface area (Å²) in [5, 5.41) is 3.75. The third-order valence-electron chi connectivity index (χ3n) is 2.97. The molecular weight excluding hydrogens is 330 g/mol. The van der Waals surface area contributed by atoms with Crippen LogP contribution < -0.4 is 0 Å². The molecule has 0 bridgehead atoms. The van der Waals surface area contributed by atoms with Gasteiger partial charge in [0.2, 0.25) is 0 Å². The van der Waals surface area contributed by atoms with Gasteiger partial charge in [-0.1, -0.05) is 16.1 Å². The minimum atomic E-state index is -0.597. The molecule has 118 valence electrons. The average molecular weight is 344 g/mol. The minimum absolute atomic E-state index is 0.0829. The molecule has 0 amide bonds. The zero-order valence-corrected chi connectivity index (χ0v) is 13.8. The Hall–Kier alpha value is -1.93. The highest BCUT2D eigenvalue weighted by Gasteiger charge is 2.24. The second-order valence-corrected chi connectivity index (χ2v) is 5.77. The summed E-state index contributed by atoms with van der Waals surface area (Å²) in [5.41, 5.74) is 1.99. The predicted molar refractivity (Wildman–Crippen MR) is 80.3 cm³/mol. The van der Waals surface area contributed by atoms with E-state index < -0.39 is 11.9 Å². The van der Waals surface area contributed by atoms with Gasteiger partial charge in [0, 0.05) is 17.2 Å². The molecule has 1 N–H and O–H groups in total. The molecule has 0 aliphatic carbocycles. The maximum atomic E-state index is 12.1. The van der Waals surface area contributed by atoms with Crippen molar-refractivity contribution in [3.63, 3.8) is 0 Å². The van der Waals surface area contributed by atoms with Crippen LogP contribution in [0.3, 0.4) is 0 Å². The number of aryl methyl sites for hydroxylation is 1. The first kappa shape index (κ1) is 16.4. The van der Waals surface area contributed by atoms with Gasteiger partial charge in [-0.2, -0.15) is 0 Å². The van der Waals surface area contributed by atoms with E-state index in [9.17, 15) is 9.59 Å². The van der Waals surface area contributed by atoms with Gasteiger partial charge in [-0.3, -0.25) is 0 Å². The molecule has 2 heterocycles. The van der Waals surface area contributed by atoms with Crippen molar-refractivity contribution >= 4 is 35.1 Å². The summed E-state index contributed by atoms with van der Waals surface area (Å²) in [5.74, 6) is -1.07. The van der Waals surface area contributed by atoms with E-state index in [1.54, 1.807) is 20.8 Å². The Kier molecular flexibility index (Phi) is 5.15. The molecule has 0 atom stereocenters. The quantitative estimate of drug-likeness (QED) is 0.839. The first-order valence-electron chi connectivity index (χ1n) is 6.45. The number of aromatic amines is 1. The normalized spacial score (nSPS) is 10.5. The lowest BCUT2D eigenvalue weighted by Gasteiger charge is -2.03. The fourth-order valence-corrected chi connectivity index (χ4v) is 2.55.